The lowest BCUT2D eigenvalue weighted by Gasteiger charge is -2.18. The zero-order chi connectivity index (χ0) is 26.2. The Balaban J connectivity index is 1.59. The third-order valence-corrected chi connectivity index (χ3v) is 9.46. The van der Waals surface area contributed by atoms with Crippen LogP contribution >= 0.6 is 22.9 Å². The van der Waals surface area contributed by atoms with E-state index in [0.29, 0.717) is 22.3 Å². The fourth-order valence-electron chi connectivity index (χ4n) is 4.55. The number of nitrogens with zero attached hydrogens (tertiary/aromatic N) is 3. The molecular formula is C26H21ClF3N3O2S2. The van der Waals surface area contributed by atoms with E-state index in [0.717, 1.165) is 42.8 Å². The predicted molar refractivity (Wildman–Crippen MR) is 137 cm³/mol. The van der Waals surface area contributed by atoms with Gasteiger partial charge in [0.2, 0.25) is 5.28 Å². The second kappa shape index (κ2) is 10.5. The van der Waals surface area contributed by atoms with E-state index in [4.69, 9.17) is 16.6 Å². The number of rotatable bonds is 6. The van der Waals surface area contributed by atoms with E-state index in [2.05, 4.69) is 9.97 Å². The highest BCUT2D eigenvalue weighted by Crippen LogP contribution is 2.43. The molecule has 1 saturated carbocycles. The van der Waals surface area contributed by atoms with Crippen LogP contribution in [0, 0.1) is 17.5 Å². The van der Waals surface area contributed by atoms with Crippen LogP contribution in [-0.4, -0.2) is 23.4 Å². The molecule has 1 aliphatic rings. The normalized spacial score (nSPS) is 14.7. The molecule has 192 valence electrons. The maximum atomic E-state index is 15.9. The quantitative estimate of drug-likeness (QED) is 0.229. The number of halogens is 4. The Hall–Kier alpha value is -2.82. The molecule has 0 radical (unpaired) electrons. The van der Waals surface area contributed by atoms with Crippen LogP contribution in [0.5, 0.6) is 0 Å². The molecule has 0 spiro atoms. The van der Waals surface area contributed by atoms with Crippen molar-refractivity contribution in [2.75, 3.05) is 0 Å². The van der Waals surface area contributed by atoms with Crippen molar-refractivity contribution in [1.82, 2.24) is 15.0 Å². The van der Waals surface area contributed by atoms with Gasteiger partial charge in [-0.1, -0.05) is 31.4 Å². The fraction of sp³-hybridized carbons (Fsp3) is 0.269. The summed E-state index contributed by atoms with van der Waals surface area (Å²) in [5.74, 6) is -3.41. The average Bonchev–Trinajstić information content (AvgIpc) is 3.32. The van der Waals surface area contributed by atoms with Crippen LogP contribution < -0.4 is 0 Å². The first-order valence-electron chi connectivity index (χ1n) is 11.7. The molecule has 1 fully saturated rings. The van der Waals surface area contributed by atoms with Crippen molar-refractivity contribution in [2.45, 2.75) is 48.7 Å². The van der Waals surface area contributed by atoms with E-state index in [-0.39, 0.29) is 22.3 Å². The Morgan fingerprint density at radius 3 is 2.54 bits per heavy atom. The molecule has 2 aromatic heterocycles. The molecule has 0 bridgehead atoms. The number of thiazole rings is 1. The van der Waals surface area contributed by atoms with Gasteiger partial charge >= 0.3 is 0 Å². The van der Waals surface area contributed by atoms with Crippen LogP contribution in [0.2, 0.25) is 5.28 Å². The van der Waals surface area contributed by atoms with Crippen LogP contribution in [0.15, 0.2) is 53.6 Å². The van der Waals surface area contributed by atoms with Gasteiger partial charge in [-0.25, -0.2) is 36.5 Å². The monoisotopic (exact) mass is 563 g/mol. The Morgan fingerprint density at radius 1 is 1.00 bits per heavy atom. The lowest BCUT2D eigenvalue weighted by atomic mass is 9.90. The van der Waals surface area contributed by atoms with Crippen molar-refractivity contribution >= 4 is 32.8 Å². The fourth-order valence-corrected chi connectivity index (χ4v) is 7.36. The summed E-state index contributed by atoms with van der Waals surface area (Å²) in [5, 5.41) is 0.896. The van der Waals surface area contributed by atoms with Crippen molar-refractivity contribution in [2.24, 2.45) is 0 Å². The summed E-state index contributed by atoms with van der Waals surface area (Å²) in [7, 11) is -4.38. The Kier molecular flexibility index (Phi) is 7.33. The molecule has 37 heavy (non-hydrogen) atoms. The van der Waals surface area contributed by atoms with Crippen molar-refractivity contribution in [3.8, 4) is 21.8 Å². The summed E-state index contributed by atoms with van der Waals surface area (Å²) in [6, 6.07) is 8.15. The maximum absolute atomic E-state index is 15.9. The van der Waals surface area contributed by atoms with Crippen LogP contribution in [0.3, 0.4) is 0 Å². The van der Waals surface area contributed by atoms with E-state index >= 15 is 4.39 Å². The molecule has 5 rings (SSSR count). The molecule has 11 heteroatoms. The van der Waals surface area contributed by atoms with Gasteiger partial charge in [0.25, 0.3) is 0 Å². The van der Waals surface area contributed by atoms with Gasteiger partial charge in [-0.3, -0.25) is 0 Å². The maximum Gasteiger partial charge on any atom is 0.222 e. The molecule has 4 aromatic rings. The summed E-state index contributed by atoms with van der Waals surface area (Å²) in [4.78, 5) is 12.8. The first-order chi connectivity index (χ1) is 17.7. The Labute approximate surface area is 221 Å². The minimum atomic E-state index is -4.38. The zero-order valence-corrected chi connectivity index (χ0v) is 21.8. The predicted octanol–water partition coefficient (Wildman–Crippen LogP) is 7.36. The van der Waals surface area contributed by atoms with E-state index < -0.39 is 37.9 Å². The summed E-state index contributed by atoms with van der Waals surface area (Å²) in [6.07, 6.45) is 6.81. The van der Waals surface area contributed by atoms with E-state index in [9.17, 15) is 17.2 Å². The van der Waals surface area contributed by atoms with E-state index in [1.165, 1.54) is 42.2 Å². The number of aromatic nitrogens is 3. The zero-order valence-electron chi connectivity index (χ0n) is 19.4. The minimum Gasteiger partial charge on any atom is -0.240 e. The van der Waals surface area contributed by atoms with Gasteiger partial charge in [0.1, 0.15) is 22.3 Å². The second-order valence-electron chi connectivity index (χ2n) is 8.89. The molecular weight excluding hydrogens is 543 g/mol. The molecule has 2 aromatic carbocycles. The lowest BCUT2D eigenvalue weighted by molar-refractivity contribution is 0.442. The van der Waals surface area contributed by atoms with Gasteiger partial charge in [-0.2, -0.15) is 0 Å². The van der Waals surface area contributed by atoms with Gasteiger partial charge in [0, 0.05) is 23.2 Å². The highest BCUT2D eigenvalue weighted by molar-refractivity contribution is 7.90. The van der Waals surface area contributed by atoms with Crippen molar-refractivity contribution < 1.29 is 21.6 Å². The first-order valence-corrected chi connectivity index (χ1v) is 14.5. The molecule has 0 saturated heterocycles. The number of benzene rings is 2. The van der Waals surface area contributed by atoms with Crippen LogP contribution in [0.1, 0.15) is 48.6 Å². The third-order valence-electron chi connectivity index (χ3n) is 6.36. The van der Waals surface area contributed by atoms with Gasteiger partial charge < -0.3 is 0 Å². The highest BCUT2D eigenvalue weighted by atomic mass is 35.5. The van der Waals surface area contributed by atoms with Crippen LogP contribution in [-0.2, 0) is 15.6 Å². The van der Waals surface area contributed by atoms with Crippen molar-refractivity contribution in [3.05, 3.63) is 82.0 Å². The lowest BCUT2D eigenvalue weighted by Crippen LogP contribution is -2.09. The van der Waals surface area contributed by atoms with Gasteiger partial charge in [-0.05, 0) is 54.8 Å². The largest absolute Gasteiger partial charge is 0.240 e. The van der Waals surface area contributed by atoms with Crippen molar-refractivity contribution in [3.63, 3.8) is 0 Å². The average molecular weight is 564 g/mol. The summed E-state index contributed by atoms with van der Waals surface area (Å²) in [5.41, 5.74) is 0.721. The van der Waals surface area contributed by atoms with Crippen LogP contribution in [0.4, 0.5) is 13.2 Å². The summed E-state index contributed by atoms with van der Waals surface area (Å²) >= 11 is 7.44. The number of sulfone groups is 1. The molecule has 0 N–H and O–H groups in total. The van der Waals surface area contributed by atoms with Gasteiger partial charge in [0.05, 0.1) is 27.0 Å². The molecule has 0 atom stereocenters. The van der Waals surface area contributed by atoms with Crippen LogP contribution in [0.25, 0.3) is 21.8 Å². The van der Waals surface area contributed by atoms with E-state index in [1.807, 2.05) is 0 Å². The number of hydrogen-bond donors (Lipinski definition) is 0. The number of hydrogen-bond acceptors (Lipinski definition) is 6. The van der Waals surface area contributed by atoms with Gasteiger partial charge in [0.15, 0.2) is 9.84 Å². The molecule has 0 unspecified atom stereocenters. The molecule has 2 heterocycles. The minimum absolute atomic E-state index is 0.0357. The standard InChI is InChI=1S/C26H21ClF3N3O2S2/c27-26-31-12-11-20(32-26)24-23(33-25(36-24)15-5-2-1-3-6-15)18-8-4-7-16(22(18)30)14-37(34,35)21-13-17(28)9-10-19(21)29/h4,7-13,15H,1-3,5-6,14H2. The highest BCUT2D eigenvalue weighted by Gasteiger charge is 2.27. The topological polar surface area (TPSA) is 72.8 Å². The Morgan fingerprint density at radius 2 is 1.78 bits per heavy atom. The first kappa shape index (κ1) is 25.8. The Bertz CT molecular complexity index is 1570. The molecule has 1 aliphatic carbocycles. The molecule has 0 aliphatic heterocycles. The van der Waals surface area contributed by atoms with Gasteiger partial charge in [-0.15, -0.1) is 11.3 Å². The van der Waals surface area contributed by atoms with Crippen molar-refractivity contribution in [1.29, 1.82) is 0 Å². The second-order valence-corrected chi connectivity index (χ2v) is 12.2. The molecule has 5 nitrogen and oxygen atoms in total. The summed E-state index contributed by atoms with van der Waals surface area (Å²) < 4.78 is 69.5. The smallest absolute Gasteiger partial charge is 0.222 e. The summed E-state index contributed by atoms with van der Waals surface area (Å²) in [6.45, 7) is 0. The third kappa shape index (κ3) is 5.42. The SMILES string of the molecule is O=S(=O)(Cc1cccc(-c2nc(C3CCCCC3)sc2-c2ccnc(Cl)n2)c1F)c1cc(F)ccc1F. The van der Waals surface area contributed by atoms with E-state index in [1.54, 1.807) is 6.07 Å². The molecule has 0 amide bonds.